The first kappa shape index (κ1) is 15.7. The van der Waals surface area contributed by atoms with Crippen LogP contribution < -0.4 is 15.5 Å². The van der Waals surface area contributed by atoms with Gasteiger partial charge in [0.25, 0.3) is 0 Å². The van der Waals surface area contributed by atoms with Crippen molar-refractivity contribution in [3.8, 4) is 0 Å². The number of rotatable bonds is 4. The molecule has 0 atom stereocenters. The van der Waals surface area contributed by atoms with E-state index in [1.807, 2.05) is 24.4 Å². The number of amides is 2. The van der Waals surface area contributed by atoms with Gasteiger partial charge in [-0.3, -0.25) is 0 Å². The van der Waals surface area contributed by atoms with Crippen LogP contribution in [0.1, 0.15) is 30.7 Å². The zero-order valence-electron chi connectivity index (χ0n) is 13.2. The molecule has 2 aromatic heterocycles. The normalized spacial score (nSPS) is 16.1. The topological polar surface area (TPSA) is 83.0 Å². The number of hydrogen-bond acceptors (Lipinski definition) is 6. The Kier molecular flexibility index (Phi) is 4.42. The highest BCUT2D eigenvalue weighted by Crippen LogP contribution is 2.39. The summed E-state index contributed by atoms with van der Waals surface area (Å²) < 4.78 is 0. The molecule has 0 unspecified atom stereocenters. The van der Waals surface area contributed by atoms with E-state index in [1.165, 1.54) is 6.33 Å². The van der Waals surface area contributed by atoms with E-state index in [-0.39, 0.29) is 11.6 Å². The molecule has 1 aliphatic rings. The molecule has 2 N–H and O–H groups in total. The number of carbonyl (C=O) groups is 1. The minimum Gasteiger partial charge on any atom is -0.361 e. The Balaban J connectivity index is 1.76. The summed E-state index contributed by atoms with van der Waals surface area (Å²) in [5.74, 6) is 0.671. The third kappa shape index (κ3) is 3.26. The Morgan fingerprint density at radius 2 is 2.09 bits per heavy atom. The molecule has 2 heterocycles. The Hall–Kier alpha value is -2.22. The number of aromatic nitrogens is 3. The highest BCUT2D eigenvalue weighted by atomic mass is 32.1. The van der Waals surface area contributed by atoms with Crippen molar-refractivity contribution in [3.63, 3.8) is 0 Å². The van der Waals surface area contributed by atoms with E-state index in [9.17, 15) is 4.79 Å². The lowest BCUT2D eigenvalue weighted by molar-refractivity contribution is 0.236. The minimum atomic E-state index is -0.355. The van der Waals surface area contributed by atoms with E-state index >= 15 is 0 Å². The Morgan fingerprint density at radius 1 is 1.30 bits per heavy atom. The van der Waals surface area contributed by atoms with Gasteiger partial charge in [0, 0.05) is 25.7 Å². The van der Waals surface area contributed by atoms with E-state index in [1.54, 1.807) is 23.7 Å². The highest BCUT2D eigenvalue weighted by molar-refractivity contribution is 7.09. The summed E-state index contributed by atoms with van der Waals surface area (Å²) in [6.07, 6.45) is 8.88. The first-order valence-corrected chi connectivity index (χ1v) is 8.45. The summed E-state index contributed by atoms with van der Waals surface area (Å²) >= 11 is 1.59. The largest absolute Gasteiger partial charge is 0.361 e. The van der Waals surface area contributed by atoms with Gasteiger partial charge >= 0.3 is 6.03 Å². The van der Waals surface area contributed by atoms with E-state index in [4.69, 9.17) is 0 Å². The summed E-state index contributed by atoms with van der Waals surface area (Å²) in [5, 5.41) is 8.92. The van der Waals surface area contributed by atoms with Gasteiger partial charge < -0.3 is 15.5 Å². The molecule has 0 radical (unpaired) electrons. The van der Waals surface area contributed by atoms with Gasteiger partial charge in [0.2, 0.25) is 0 Å². The number of nitrogens with zero attached hydrogens (tertiary/aromatic N) is 4. The molecule has 122 valence electrons. The third-order valence-electron chi connectivity index (χ3n) is 4.01. The number of carbonyl (C=O) groups excluding carboxylic acids is 1. The molecule has 2 amide bonds. The maximum atomic E-state index is 12.5. The highest BCUT2D eigenvalue weighted by Gasteiger charge is 2.39. The number of hydrogen-bond donors (Lipinski definition) is 2. The summed E-state index contributed by atoms with van der Waals surface area (Å²) in [6.45, 7) is 0. The molecule has 1 aliphatic carbocycles. The third-order valence-corrected chi connectivity index (χ3v) is 4.99. The van der Waals surface area contributed by atoms with Gasteiger partial charge in [-0.05, 0) is 12.8 Å². The van der Waals surface area contributed by atoms with Crippen LogP contribution in [0.3, 0.4) is 0 Å². The van der Waals surface area contributed by atoms with Crippen LogP contribution in [-0.2, 0) is 5.54 Å². The SMILES string of the molecule is CN(C)c1ncncc1NC(=O)NC1(c2nccs2)CCCC1. The van der Waals surface area contributed by atoms with Gasteiger partial charge in [0.05, 0.1) is 11.7 Å². The average Bonchev–Trinajstić information content (AvgIpc) is 3.19. The zero-order chi connectivity index (χ0) is 16.3. The Labute approximate surface area is 139 Å². The number of thiazole rings is 1. The zero-order valence-corrected chi connectivity index (χ0v) is 14.1. The molecule has 3 rings (SSSR count). The summed E-state index contributed by atoms with van der Waals surface area (Å²) in [7, 11) is 3.75. The van der Waals surface area contributed by atoms with Crippen molar-refractivity contribution in [2.75, 3.05) is 24.3 Å². The summed E-state index contributed by atoms with van der Waals surface area (Å²) in [4.78, 5) is 27.0. The quantitative estimate of drug-likeness (QED) is 0.899. The predicted octanol–water partition coefficient (Wildman–Crippen LogP) is 2.59. The molecule has 23 heavy (non-hydrogen) atoms. The fraction of sp³-hybridized carbons (Fsp3) is 0.467. The molecule has 0 aliphatic heterocycles. The van der Waals surface area contributed by atoms with Crippen molar-refractivity contribution in [2.24, 2.45) is 0 Å². The lowest BCUT2D eigenvalue weighted by Crippen LogP contribution is -2.46. The van der Waals surface area contributed by atoms with Crippen molar-refractivity contribution in [1.82, 2.24) is 20.3 Å². The number of urea groups is 1. The number of anilines is 2. The monoisotopic (exact) mass is 332 g/mol. The second kappa shape index (κ2) is 6.49. The van der Waals surface area contributed by atoms with Gasteiger partial charge in [-0.25, -0.2) is 19.7 Å². The molecular formula is C15H20N6OS. The predicted molar refractivity (Wildman–Crippen MR) is 90.8 cm³/mol. The van der Waals surface area contributed by atoms with Gasteiger partial charge in [0.15, 0.2) is 5.82 Å². The average molecular weight is 332 g/mol. The molecular weight excluding hydrogens is 312 g/mol. The molecule has 0 aromatic carbocycles. The first-order chi connectivity index (χ1) is 11.1. The maximum Gasteiger partial charge on any atom is 0.320 e. The van der Waals surface area contributed by atoms with Crippen LogP contribution in [0.25, 0.3) is 0 Å². The van der Waals surface area contributed by atoms with Crippen LogP contribution in [0.15, 0.2) is 24.1 Å². The van der Waals surface area contributed by atoms with Crippen molar-refractivity contribution in [1.29, 1.82) is 0 Å². The van der Waals surface area contributed by atoms with Crippen LogP contribution in [0.4, 0.5) is 16.3 Å². The van der Waals surface area contributed by atoms with Gasteiger partial charge in [-0.2, -0.15) is 0 Å². The van der Waals surface area contributed by atoms with Crippen LogP contribution in [0.2, 0.25) is 0 Å². The lowest BCUT2D eigenvalue weighted by atomic mass is 9.99. The Morgan fingerprint density at radius 3 is 2.74 bits per heavy atom. The van der Waals surface area contributed by atoms with Crippen LogP contribution in [0.5, 0.6) is 0 Å². The van der Waals surface area contributed by atoms with E-state index in [2.05, 4.69) is 25.6 Å². The van der Waals surface area contributed by atoms with Gasteiger partial charge in [0.1, 0.15) is 17.0 Å². The number of nitrogens with one attached hydrogen (secondary N) is 2. The fourth-order valence-corrected chi connectivity index (χ4v) is 3.82. The summed E-state index contributed by atoms with van der Waals surface area (Å²) in [5.41, 5.74) is 0.230. The second-order valence-electron chi connectivity index (χ2n) is 5.86. The van der Waals surface area contributed by atoms with Gasteiger partial charge in [-0.1, -0.05) is 12.8 Å². The van der Waals surface area contributed by atoms with Crippen molar-refractivity contribution in [3.05, 3.63) is 29.1 Å². The fourth-order valence-electron chi connectivity index (χ4n) is 2.97. The molecule has 0 spiro atoms. The molecule has 0 bridgehead atoms. The van der Waals surface area contributed by atoms with Crippen LogP contribution >= 0.6 is 11.3 Å². The molecule has 7 nitrogen and oxygen atoms in total. The van der Waals surface area contributed by atoms with Crippen molar-refractivity contribution < 1.29 is 4.79 Å². The maximum absolute atomic E-state index is 12.5. The van der Waals surface area contributed by atoms with Crippen molar-refractivity contribution >= 4 is 28.9 Å². The molecule has 8 heteroatoms. The molecule has 2 aromatic rings. The summed E-state index contributed by atoms with van der Waals surface area (Å²) in [6, 6.07) is -0.250. The minimum absolute atomic E-state index is 0.250. The van der Waals surface area contributed by atoms with Gasteiger partial charge in [-0.15, -0.1) is 11.3 Å². The lowest BCUT2D eigenvalue weighted by Gasteiger charge is -2.28. The van der Waals surface area contributed by atoms with Crippen LogP contribution in [0, 0.1) is 0 Å². The standard InChI is InChI=1S/C15H20N6OS/c1-21(2)12-11(9-16-10-18-12)19-14(22)20-15(5-3-4-6-15)13-17-7-8-23-13/h7-10H,3-6H2,1-2H3,(H2,19,20,22). The molecule has 1 fully saturated rings. The first-order valence-electron chi connectivity index (χ1n) is 7.57. The molecule has 1 saturated carbocycles. The van der Waals surface area contributed by atoms with Crippen molar-refractivity contribution in [2.45, 2.75) is 31.2 Å². The van der Waals surface area contributed by atoms with Crippen LogP contribution in [-0.4, -0.2) is 35.1 Å². The second-order valence-corrected chi connectivity index (χ2v) is 6.75. The van der Waals surface area contributed by atoms with E-state index in [0.717, 1.165) is 30.7 Å². The van der Waals surface area contributed by atoms with E-state index in [0.29, 0.717) is 11.5 Å². The van der Waals surface area contributed by atoms with E-state index < -0.39 is 0 Å². The molecule has 0 saturated heterocycles. The smallest absolute Gasteiger partial charge is 0.320 e. The Bertz CT molecular complexity index is 666.